The van der Waals surface area contributed by atoms with Gasteiger partial charge < -0.3 is 0 Å². The molecule has 2 aromatic heterocycles. The molecule has 0 radical (unpaired) electrons. The molecule has 6 nitrogen and oxygen atoms in total. The van der Waals surface area contributed by atoms with Gasteiger partial charge >= 0.3 is 0 Å². The van der Waals surface area contributed by atoms with Crippen LogP contribution >= 0.6 is 0 Å². The average molecular weight is 408 g/mol. The van der Waals surface area contributed by atoms with Crippen LogP contribution in [-0.4, -0.2) is 9.13 Å². The second-order valence-corrected chi connectivity index (χ2v) is 9.56. The van der Waals surface area contributed by atoms with Crippen molar-refractivity contribution in [1.29, 1.82) is 0 Å². The first-order valence-corrected chi connectivity index (χ1v) is 11.3. The molecule has 2 aliphatic rings. The number of nitrogens with zero attached hydrogens (tertiary/aromatic N) is 2. The van der Waals surface area contributed by atoms with Gasteiger partial charge in [-0.2, -0.15) is 0 Å². The molecule has 2 heterocycles. The highest BCUT2D eigenvalue weighted by Crippen LogP contribution is 2.34. The molecular weight excluding hydrogens is 380 g/mol. The molecule has 6 heteroatoms. The van der Waals surface area contributed by atoms with Gasteiger partial charge in [-0.05, 0) is 49.7 Å². The Labute approximate surface area is 173 Å². The van der Waals surface area contributed by atoms with E-state index in [4.69, 9.17) is 0 Å². The van der Waals surface area contributed by atoms with E-state index in [1.165, 1.54) is 21.3 Å². The van der Waals surface area contributed by atoms with Gasteiger partial charge in [0.1, 0.15) is 0 Å². The molecule has 2 saturated carbocycles. The van der Waals surface area contributed by atoms with Crippen LogP contribution in [0.5, 0.6) is 0 Å². The van der Waals surface area contributed by atoms with Crippen LogP contribution in [0.25, 0.3) is 21.5 Å². The summed E-state index contributed by atoms with van der Waals surface area (Å²) in [4.78, 5) is 52.7. The minimum Gasteiger partial charge on any atom is -0.271 e. The number of hydrogen-bond donors (Lipinski definition) is 0. The Kier molecular flexibility index (Phi) is 4.56. The number of benzene rings is 1. The van der Waals surface area contributed by atoms with Gasteiger partial charge in [0.25, 0.3) is 22.2 Å². The molecule has 0 aliphatic heterocycles. The van der Waals surface area contributed by atoms with Gasteiger partial charge in [0.05, 0.1) is 21.5 Å². The average Bonchev–Trinajstić information content (AvgIpc) is 3.12. The predicted molar refractivity (Wildman–Crippen MR) is 118 cm³/mol. The maximum Gasteiger partial charge on any atom is 0.261 e. The summed E-state index contributed by atoms with van der Waals surface area (Å²) < 4.78 is 2.78. The number of rotatable bonds is 2. The molecule has 0 spiro atoms. The van der Waals surface area contributed by atoms with E-state index >= 15 is 0 Å². The molecule has 158 valence electrons. The maximum absolute atomic E-state index is 13.2. The summed E-state index contributed by atoms with van der Waals surface area (Å²) >= 11 is 0. The Morgan fingerprint density at radius 2 is 0.867 bits per heavy atom. The monoisotopic (exact) mass is 408 g/mol. The van der Waals surface area contributed by atoms with E-state index in [-0.39, 0.29) is 67.7 Å². The first-order valence-electron chi connectivity index (χ1n) is 11.3. The molecule has 1 aromatic carbocycles. The van der Waals surface area contributed by atoms with E-state index in [1.54, 1.807) is 0 Å². The van der Waals surface area contributed by atoms with E-state index in [0.29, 0.717) is 0 Å². The van der Waals surface area contributed by atoms with Crippen molar-refractivity contribution in [2.45, 2.75) is 77.3 Å². The zero-order chi connectivity index (χ0) is 21.2. The van der Waals surface area contributed by atoms with Crippen LogP contribution < -0.4 is 22.2 Å². The lowest BCUT2D eigenvalue weighted by Crippen LogP contribution is -2.35. The quantitative estimate of drug-likeness (QED) is 0.651. The second kappa shape index (κ2) is 7.03. The van der Waals surface area contributed by atoms with Crippen LogP contribution in [0.4, 0.5) is 0 Å². The van der Waals surface area contributed by atoms with E-state index < -0.39 is 0 Å². The minimum atomic E-state index is -0.318. The summed E-state index contributed by atoms with van der Waals surface area (Å²) in [6.07, 6.45) is 7.88. The summed E-state index contributed by atoms with van der Waals surface area (Å²) in [7, 11) is 0. The van der Waals surface area contributed by atoms with Crippen LogP contribution in [0.3, 0.4) is 0 Å². The van der Waals surface area contributed by atoms with E-state index in [1.807, 2.05) is 0 Å². The number of hydrogen-bond acceptors (Lipinski definition) is 4. The molecule has 3 aromatic rings. The summed E-state index contributed by atoms with van der Waals surface area (Å²) in [5, 5.41) is 1.10. The predicted octanol–water partition coefficient (Wildman–Crippen LogP) is 3.41. The third kappa shape index (κ3) is 2.69. The maximum atomic E-state index is 13.2. The summed E-state index contributed by atoms with van der Waals surface area (Å²) in [5.74, 6) is 0.527. The van der Waals surface area contributed by atoms with Crippen LogP contribution in [-0.2, 0) is 0 Å². The van der Waals surface area contributed by atoms with Crippen LogP contribution in [0.1, 0.15) is 77.3 Å². The van der Waals surface area contributed by atoms with E-state index in [9.17, 15) is 19.2 Å². The SMILES string of the molecule is CC1CCCCC1n1c(=O)c2cc3c(=O)n(C4CCCCC4C)c(=O)c3cc2c1=O. The van der Waals surface area contributed by atoms with Crippen LogP contribution in [0.15, 0.2) is 31.3 Å². The molecule has 0 saturated heterocycles. The van der Waals surface area contributed by atoms with Crippen molar-refractivity contribution in [3.8, 4) is 0 Å². The molecule has 0 bridgehead atoms. The van der Waals surface area contributed by atoms with Gasteiger partial charge in [-0.15, -0.1) is 0 Å². The van der Waals surface area contributed by atoms with Gasteiger partial charge in [-0.25, -0.2) is 0 Å². The largest absolute Gasteiger partial charge is 0.271 e. The first-order chi connectivity index (χ1) is 14.4. The Morgan fingerprint density at radius 3 is 1.17 bits per heavy atom. The van der Waals surface area contributed by atoms with Crippen molar-refractivity contribution in [2.75, 3.05) is 0 Å². The smallest absolute Gasteiger partial charge is 0.261 e. The Bertz CT molecular complexity index is 1160. The fourth-order valence-corrected chi connectivity index (χ4v) is 5.97. The molecule has 30 heavy (non-hydrogen) atoms. The van der Waals surface area contributed by atoms with Crippen molar-refractivity contribution in [3.63, 3.8) is 0 Å². The van der Waals surface area contributed by atoms with Gasteiger partial charge in [0.15, 0.2) is 0 Å². The molecule has 4 atom stereocenters. The van der Waals surface area contributed by atoms with E-state index in [0.717, 1.165) is 51.4 Å². The fourth-order valence-electron chi connectivity index (χ4n) is 5.97. The molecule has 4 unspecified atom stereocenters. The summed E-state index contributed by atoms with van der Waals surface area (Å²) in [6.45, 7) is 4.17. The topological polar surface area (TPSA) is 78.1 Å². The van der Waals surface area contributed by atoms with Crippen LogP contribution in [0, 0.1) is 11.8 Å². The third-order valence-electron chi connectivity index (χ3n) is 7.75. The molecule has 5 rings (SSSR count). The zero-order valence-corrected chi connectivity index (χ0v) is 17.6. The normalized spacial score (nSPS) is 27.8. The molecule has 2 aliphatic carbocycles. The Balaban J connectivity index is 1.73. The first kappa shape index (κ1) is 19.5. The van der Waals surface area contributed by atoms with Gasteiger partial charge in [-0.3, -0.25) is 28.3 Å². The lowest BCUT2D eigenvalue weighted by molar-refractivity contribution is 0.250. The molecule has 0 N–H and O–H groups in total. The zero-order valence-electron chi connectivity index (χ0n) is 17.6. The Hall–Kier alpha value is -2.50. The lowest BCUT2D eigenvalue weighted by atomic mass is 9.86. The third-order valence-corrected chi connectivity index (χ3v) is 7.75. The van der Waals surface area contributed by atoms with Gasteiger partial charge in [-0.1, -0.05) is 39.5 Å². The summed E-state index contributed by atoms with van der Waals surface area (Å²) in [5.41, 5.74) is -1.27. The van der Waals surface area contributed by atoms with Crippen molar-refractivity contribution in [1.82, 2.24) is 9.13 Å². The highest BCUT2D eigenvalue weighted by atomic mass is 16.2. The summed E-state index contributed by atoms with van der Waals surface area (Å²) in [6, 6.07) is 2.80. The van der Waals surface area contributed by atoms with Crippen molar-refractivity contribution < 1.29 is 0 Å². The van der Waals surface area contributed by atoms with Crippen LogP contribution in [0.2, 0.25) is 0 Å². The fraction of sp³-hybridized carbons (Fsp3) is 0.583. The standard InChI is InChI=1S/C24H28N2O4/c1-13-7-3-5-9-19(13)25-21(27)15-11-17-18(12-16(15)22(25)28)24(30)26(23(17)29)20-10-6-4-8-14(20)2/h11-14,19-20H,3-10H2,1-2H3. The van der Waals surface area contributed by atoms with Gasteiger partial charge in [0, 0.05) is 12.1 Å². The van der Waals surface area contributed by atoms with Crippen molar-refractivity contribution in [3.05, 3.63) is 53.5 Å². The molecular formula is C24H28N2O4. The Morgan fingerprint density at radius 1 is 0.567 bits per heavy atom. The highest BCUT2D eigenvalue weighted by molar-refractivity contribution is 5.97. The molecule has 0 amide bonds. The number of aromatic nitrogens is 2. The van der Waals surface area contributed by atoms with Crippen molar-refractivity contribution in [2.24, 2.45) is 11.8 Å². The van der Waals surface area contributed by atoms with Crippen molar-refractivity contribution >= 4 is 21.5 Å². The minimum absolute atomic E-state index is 0.105. The lowest BCUT2D eigenvalue weighted by Gasteiger charge is -2.28. The van der Waals surface area contributed by atoms with Gasteiger partial charge in [0.2, 0.25) is 0 Å². The highest BCUT2D eigenvalue weighted by Gasteiger charge is 2.30. The second-order valence-electron chi connectivity index (χ2n) is 9.56. The van der Waals surface area contributed by atoms with E-state index in [2.05, 4.69) is 13.8 Å². The number of fused-ring (bicyclic) bond motifs is 2. The molecule has 2 fully saturated rings.